The van der Waals surface area contributed by atoms with E-state index in [1.165, 1.54) is 50.2 Å². The molecule has 0 bridgehead atoms. The minimum absolute atomic E-state index is 0.0531. The standard InChI is InChI=1S/C20H38O2Si/c1-7-23(8-2,9-3)17-19(21-22-20(4,5)6)16-15-18-13-11-10-12-14-18/h18-19H,7-14,17H2,1-6H3. The SMILES string of the molecule is CC[Si](CC)(CC)CC(C#CC1CCCCC1)OOC(C)(C)C. The summed E-state index contributed by atoms with van der Waals surface area (Å²) < 4.78 is 0. The van der Waals surface area contributed by atoms with Crippen LogP contribution in [0.15, 0.2) is 0 Å². The predicted molar refractivity (Wildman–Crippen MR) is 102 cm³/mol. The van der Waals surface area contributed by atoms with E-state index in [9.17, 15) is 0 Å². The van der Waals surface area contributed by atoms with Gasteiger partial charge in [-0.1, -0.05) is 70.0 Å². The fraction of sp³-hybridized carbons (Fsp3) is 0.900. The first-order chi connectivity index (χ1) is 10.8. The Bertz CT molecular complexity index is 370. The molecule has 0 aromatic heterocycles. The summed E-state index contributed by atoms with van der Waals surface area (Å²) in [5, 5.41) is 0. The van der Waals surface area contributed by atoms with E-state index in [1.807, 2.05) is 20.8 Å². The van der Waals surface area contributed by atoms with E-state index in [0.29, 0.717) is 5.92 Å². The Morgan fingerprint density at radius 3 is 2.04 bits per heavy atom. The monoisotopic (exact) mass is 338 g/mol. The van der Waals surface area contributed by atoms with Crippen molar-refractivity contribution in [3.63, 3.8) is 0 Å². The zero-order valence-electron chi connectivity index (χ0n) is 16.3. The van der Waals surface area contributed by atoms with Gasteiger partial charge in [0.15, 0.2) is 6.10 Å². The fourth-order valence-corrected chi connectivity index (χ4v) is 6.67. The molecule has 1 fully saturated rings. The second kappa shape index (κ2) is 9.86. The van der Waals surface area contributed by atoms with Crippen molar-refractivity contribution < 1.29 is 9.78 Å². The summed E-state index contributed by atoms with van der Waals surface area (Å²) >= 11 is 0. The molecular formula is C20H38O2Si. The maximum Gasteiger partial charge on any atom is 0.151 e. The molecule has 134 valence electrons. The van der Waals surface area contributed by atoms with Gasteiger partial charge >= 0.3 is 0 Å². The zero-order valence-corrected chi connectivity index (χ0v) is 17.3. The quantitative estimate of drug-likeness (QED) is 0.238. The van der Waals surface area contributed by atoms with E-state index < -0.39 is 8.07 Å². The fourth-order valence-electron chi connectivity index (χ4n) is 3.35. The lowest BCUT2D eigenvalue weighted by Gasteiger charge is -2.31. The van der Waals surface area contributed by atoms with Gasteiger partial charge in [0.1, 0.15) is 0 Å². The van der Waals surface area contributed by atoms with Crippen LogP contribution in [0.1, 0.15) is 73.6 Å². The normalized spacial score (nSPS) is 18.3. The first-order valence-electron chi connectivity index (χ1n) is 9.69. The minimum Gasteiger partial charge on any atom is -0.230 e. The van der Waals surface area contributed by atoms with Crippen LogP contribution >= 0.6 is 0 Å². The van der Waals surface area contributed by atoms with Gasteiger partial charge < -0.3 is 0 Å². The van der Waals surface area contributed by atoms with Gasteiger partial charge in [0, 0.05) is 5.92 Å². The van der Waals surface area contributed by atoms with Gasteiger partial charge in [-0.15, -0.1) is 0 Å². The van der Waals surface area contributed by atoms with Crippen molar-refractivity contribution >= 4 is 8.07 Å². The molecule has 23 heavy (non-hydrogen) atoms. The molecule has 1 unspecified atom stereocenters. The molecule has 0 aliphatic heterocycles. The highest BCUT2D eigenvalue weighted by Crippen LogP contribution is 2.29. The van der Waals surface area contributed by atoms with E-state index in [4.69, 9.17) is 9.78 Å². The molecule has 0 aromatic rings. The Hall–Kier alpha value is -0.303. The molecule has 0 radical (unpaired) electrons. The van der Waals surface area contributed by atoms with Crippen molar-refractivity contribution in [3.05, 3.63) is 0 Å². The van der Waals surface area contributed by atoms with Crippen LogP contribution in [0, 0.1) is 17.8 Å². The summed E-state index contributed by atoms with van der Waals surface area (Å²) in [5.74, 6) is 7.55. The van der Waals surface area contributed by atoms with Gasteiger partial charge in [0.2, 0.25) is 0 Å². The van der Waals surface area contributed by atoms with Crippen molar-refractivity contribution in [2.24, 2.45) is 5.92 Å². The Morgan fingerprint density at radius 1 is 1.00 bits per heavy atom. The van der Waals surface area contributed by atoms with Crippen LogP contribution in [0.4, 0.5) is 0 Å². The van der Waals surface area contributed by atoms with E-state index in [1.54, 1.807) is 0 Å². The molecule has 0 heterocycles. The Labute approximate surface area is 145 Å². The summed E-state index contributed by atoms with van der Waals surface area (Å²) in [6.07, 6.45) is 6.52. The number of hydrogen-bond donors (Lipinski definition) is 0. The van der Waals surface area contributed by atoms with Gasteiger partial charge in [-0.05, 0) is 39.7 Å². The average molecular weight is 339 g/mol. The van der Waals surface area contributed by atoms with Crippen LogP contribution in [0.3, 0.4) is 0 Å². The minimum atomic E-state index is -1.27. The summed E-state index contributed by atoms with van der Waals surface area (Å²) in [6, 6.07) is 5.02. The predicted octanol–water partition coefficient (Wildman–Crippen LogP) is 6.19. The first-order valence-corrected chi connectivity index (χ1v) is 12.5. The number of hydrogen-bond acceptors (Lipinski definition) is 2. The lowest BCUT2D eigenvalue weighted by molar-refractivity contribution is -0.360. The maximum atomic E-state index is 5.82. The second-order valence-electron chi connectivity index (χ2n) is 8.17. The van der Waals surface area contributed by atoms with Gasteiger partial charge in [-0.2, -0.15) is 0 Å². The van der Waals surface area contributed by atoms with Crippen LogP contribution < -0.4 is 0 Å². The molecule has 1 atom stereocenters. The number of rotatable bonds is 7. The van der Waals surface area contributed by atoms with Gasteiger partial charge in [-0.25, -0.2) is 9.78 Å². The third-order valence-electron chi connectivity index (χ3n) is 5.34. The molecular weight excluding hydrogens is 300 g/mol. The van der Waals surface area contributed by atoms with Gasteiger partial charge in [-0.3, -0.25) is 0 Å². The third-order valence-corrected chi connectivity index (χ3v) is 11.1. The van der Waals surface area contributed by atoms with Crippen LogP contribution in [-0.4, -0.2) is 19.8 Å². The topological polar surface area (TPSA) is 18.5 Å². The van der Waals surface area contributed by atoms with E-state index >= 15 is 0 Å². The molecule has 1 saturated carbocycles. The molecule has 0 spiro atoms. The Morgan fingerprint density at radius 2 is 1.57 bits per heavy atom. The van der Waals surface area contributed by atoms with Crippen molar-refractivity contribution in [2.75, 3.05) is 0 Å². The van der Waals surface area contributed by atoms with Gasteiger partial charge in [0.25, 0.3) is 0 Å². The Kier molecular flexibility index (Phi) is 8.89. The van der Waals surface area contributed by atoms with E-state index in [2.05, 4.69) is 32.6 Å². The molecule has 1 aliphatic carbocycles. The van der Waals surface area contributed by atoms with Crippen LogP contribution in [0.2, 0.25) is 24.2 Å². The lowest BCUT2D eigenvalue weighted by atomic mass is 9.90. The summed E-state index contributed by atoms with van der Waals surface area (Å²) in [4.78, 5) is 11.5. The average Bonchev–Trinajstić information content (AvgIpc) is 2.55. The zero-order chi connectivity index (χ0) is 17.3. The maximum absolute atomic E-state index is 5.82. The molecule has 3 heteroatoms. The van der Waals surface area contributed by atoms with Crippen molar-refractivity contribution in [3.8, 4) is 11.8 Å². The van der Waals surface area contributed by atoms with Crippen molar-refractivity contribution in [1.29, 1.82) is 0 Å². The summed E-state index contributed by atoms with van der Waals surface area (Å²) in [6.45, 7) is 13.1. The van der Waals surface area contributed by atoms with Crippen molar-refractivity contribution in [1.82, 2.24) is 0 Å². The summed E-state index contributed by atoms with van der Waals surface area (Å²) in [7, 11) is -1.27. The van der Waals surface area contributed by atoms with Crippen LogP contribution in [0.5, 0.6) is 0 Å². The highest BCUT2D eigenvalue weighted by Gasteiger charge is 2.31. The molecule has 0 aromatic carbocycles. The highest BCUT2D eigenvalue weighted by atomic mass is 28.3. The lowest BCUT2D eigenvalue weighted by Crippen LogP contribution is -2.37. The van der Waals surface area contributed by atoms with E-state index in [0.717, 1.165) is 6.04 Å². The smallest absolute Gasteiger partial charge is 0.151 e. The second-order valence-corrected chi connectivity index (χ2v) is 13.7. The van der Waals surface area contributed by atoms with Crippen molar-refractivity contribution in [2.45, 2.75) is 110 Å². The Balaban J connectivity index is 2.77. The molecule has 0 amide bonds. The molecule has 0 N–H and O–H groups in total. The highest BCUT2D eigenvalue weighted by molar-refractivity contribution is 6.79. The molecule has 0 saturated heterocycles. The van der Waals surface area contributed by atoms with Crippen LogP contribution in [0.25, 0.3) is 0 Å². The van der Waals surface area contributed by atoms with E-state index in [-0.39, 0.29) is 11.7 Å². The summed E-state index contributed by atoms with van der Waals surface area (Å²) in [5.41, 5.74) is -0.278. The molecule has 2 nitrogen and oxygen atoms in total. The van der Waals surface area contributed by atoms with Gasteiger partial charge in [0.05, 0.1) is 13.7 Å². The first kappa shape index (κ1) is 20.7. The molecule has 1 aliphatic rings. The third kappa shape index (κ3) is 7.87. The van der Waals surface area contributed by atoms with Crippen LogP contribution in [-0.2, 0) is 9.78 Å². The molecule has 1 rings (SSSR count). The largest absolute Gasteiger partial charge is 0.230 e.